The Morgan fingerprint density at radius 2 is 1.81 bits per heavy atom. The quantitative estimate of drug-likeness (QED) is 0.543. The van der Waals surface area contributed by atoms with Crippen LogP contribution in [0.3, 0.4) is 0 Å². The topological polar surface area (TPSA) is 8.17 Å². The van der Waals surface area contributed by atoms with Crippen LogP contribution < -0.4 is 0 Å². The van der Waals surface area contributed by atoms with E-state index in [1.165, 1.54) is 47.0 Å². The van der Waals surface area contributed by atoms with Gasteiger partial charge in [0, 0.05) is 42.9 Å². The van der Waals surface area contributed by atoms with Crippen LogP contribution in [0.4, 0.5) is 0 Å². The number of allylic oxidation sites excluding steroid dienone is 3. The molecule has 0 saturated heterocycles. The molecular formula is C25H28N2. The van der Waals surface area contributed by atoms with E-state index < -0.39 is 0 Å². The first-order chi connectivity index (χ1) is 13.3. The van der Waals surface area contributed by atoms with Crippen molar-refractivity contribution in [1.82, 2.24) is 9.47 Å². The molecule has 0 aliphatic carbocycles. The minimum atomic E-state index is 0.927. The van der Waals surface area contributed by atoms with E-state index in [9.17, 15) is 0 Å². The summed E-state index contributed by atoms with van der Waals surface area (Å²) in [5, 5.41) is 1.39. The SMILES string of the molecule is C/C=C/C1=CN(CCc2cn(Cc3ccccc3)c3ccccc23)CCC1. The Balaban J connectivity index is 1.54. The van der Waals surface area contributed by atoms with Gasteiger partial charge in [0.05, 0.1) is 0 Å². The summed E-state index contributed by atoms with van der Waals surface area (Å²) < 4.78 is 2.40. The summed E-state index contributed by atoms with van der Waals surface area (Å²) in [6.45, 7) is 5.28. The molecule has 0 unspecified atom stereocenters. The van der Waals surface area contributed by atoms with E-state index in [2.05, 4.69) is 95.5 Å². The number of hydrogen-bond donors (Lipinski definition) is 0. The van der Waals surface area contributed by atoms with Crippen LogP contribution >= 0.6 is 0 Å². The van der Waals surface area contributed by atoms with Crippen LogP contribution in [0.2, 0.25) is 0 Å². The number of para-hydroxylation sites is 1. The summed E-state index contributed by atoms with van der Waals surface area (Å²) in [6.07, 6.45) is 12.7. The fraction of sp³-hybridized carbons (Fsp3) is 0.280. The first-order valence-electron chi connectivity index (χ1n) is 10.0. The maximum absolute atomic E-state index is 2.49. The maximum Gasteiger partial charge on any atom is 0.0486 e. The van der Waals surface area contributed by atoms with E-state index in [0.717, 1.165) is 19.5 Å². The molecule has 0 bridgehead atoms. The highest BCUT2D eigenvalue weighted by atomic mass is 15.1. The Morgan fingerprint density at radius 3 is 2.67 bits per heavy atom. The molecule has 0 radical (unpaired) electrons. The van der Waals surface area contributed by atoms with Crippen molar-refractivity contribution in [2.45, 2.75) is 32.7 Å². The van der Waals surface area contributed by atoms with Gasteiger partial charge in [-0.15, -0.1) is 0 Å². The Kier molecular flexibility index (Phi) is 5.43. The number of fused-ring (bicyclic) bond motifs is 1. The Labute approximate surface area is 162 Å². The van der Waals surface area contributed by atoms with Crippen LogP contribution in [0, 0.1) is 0 Å². The molecule has 2 nitrogen and oxygen atoms in total. The first-order valence-corrected chi connectivity index (χ1v) is 10.0. The lowest BCUT2D eigenvalue weighted by atomic mass is 10.1. The Bertz CT molecular complexity index is 947. The Morgan fingerprint density at radius 1 is 1.00 bits per heavy atom. The van der Waals surface area contributed by atoms with Crippen molar-refractivity contribution in [3.63, 3.8) is 0 Å². The zero-order valence-corrected chi connectivity index (χ0v) is 16.1. The van der Waals surface area contributed by atoms with Gasteiger partial charge in [-0.05, 0) is 49.0 Å². The lowest BCUT2D eigenvalue weighted by Gasteiger charge is -2.25. The minimum absolute atomic E-state index is 0.927. The van der Waals surface area contributed by atoms with E-state index in [4.69, 9.17) is 0 Å². The number of hydrogen-bond acceptors (Lipinski definition) is 1. The van der Waals surface area contributed by atoms with Crippen molar-refractivity contribution >= 4 is 10.9 Å². The predicted molar refractivity (Wildman–Crippen MR) is 115 cm³/mol. The molecule has 0 amide bonds. The van der Waals surface area contributed by atoms with Gasteiger partial charge in [0.1, 0.15) is 0 Å². The van der Waals surface area contributed by atoms with Gasteiger partial charge >= 0.3 is 0 Å². The summed E-state index contributed by atoms with van der Waals surface area (Å²) in [4.78, 5) is 2.49. The maximum atomic E-state index is 2.49. The molecular weight excluding hydrogens is 328 g/mol. The second-order valence-corrected chi connectivity index (χ2v) is 7.38. The average Bonchev–Trinajstić information content (AvgIpc) is 3.06. The Hall–Kier alpha value is -2.74. The lowest BCUT2D eigenvalue weighted by molar-refractivity contribution is 0.354. The molecule has 0 spiro atoms. The third-order valence-corrected chi connectivity index (χ3v) is 5.38. The van der Waals surface area contributed by atoms with Crippen molar-refractivity contribution in [2.24, 2.45) is 0 Å². The molecule has 0 N–H and O–H groups in total. The van der Waals surface area contributed by atoms with Gasteiger partial charge in [-0.25, -0.2) is 0 Å². The summed E-state index contributed by atoms with van der Waals surface area (Å²) in [6, 6.07) is 19.5. The molecule has 2 heteroatoms. The molecule has 0 saturated carbocycles. The fourth-order valence-corrected chi connectivity index (χ4v) is 4.06. The van der Waals surface area contributed by atoms with Crippen LogP contribution in [-0.2, 0) is 13.0 Å². The number of rotatable bonds is 6. The van der Waals surface area contributed by atoms with E-state index in [1.807, 2.05) is 0 Å². The van der Waals surface area contributed by atoms with Crippen molar-refractivity contribution in [2.75, 3.05) is 13.1 Å². The van der Waals surface area contributed by atoms with Crippen LogP contribution in [0.15, 0.2) is 84.7 Å². The zero-order chi connectivity index (χ0) is 18.5. The van der Waals surface area contributed by atoms with Gasteiger partial charge < -0.3 is 9.47 Å². The van der Waals surface area contributed by atoms with Gasteiger partial charge in [0.2, 0.25) is 0 Å². The van der Waals surface area contributed by atoms with Crippen molar-refractivity contribution in [3.8, 4) is 0 Å². The van der Waals surface area contributed by atoms with Crippen LogP contribution in [0.1, 0.15) is 30.9 Å². The summed E-state index contributed by atoms with van der Waals surface area (Å²) in [7, 11) is 0. The molecule has 0 atom stereocenters. The highest BCUT2D eigenvalue weighted by Crippen LogP contribution is 2.24. The summed E-state index contributed by atoms with van der Waals surface area (Å²) in [5.74, 6) is 0. The largest absolute Gasteiger partial charge is 0.377 e. The molecule has 138 valence electrons. The molecule has 2 aromatic carbocycles. The second kappa shape index (κ2) is 8.30. The van der Waals surface area contributed by atoms with Crippen LogP contribution in [0.5, 0.6) is 0 Å². The third-order valence-electron chi connectivity index (χ3n) is 5.38. The van der Waals surface area contributed by atoms with Gasteiger partial charge in [0.25, 0.3) is 0 Å². The smallest absolute Gasteiger partial charge is 0.0486 e. The predicted octanol–water partition coefficient (Wildman–Crippen LogP) is 5.79. The molecule has 1 aliphatic heterocycles. The number of nitrogens with zero attached hydrogens (tertiary/aromatic N) is 2. The van der Waals surface area contributed by atoms with Crippen molar-refractivity contribution in [3.05, 3.63) is 95.8 Å². The summed E-state index contributed by atoms with van der Waals surface area (Å²) in [5.41, 5.74) is 5.59. The number of benzene rings is 2. The van der Waals surface area contributed by atoms with E-state index >= 15 is 0 Å². The monoisotopic (exact) mass is 356 g/mol. The molecule has 0 fully saturated rings. The molecule has 4 rings (SSSR count). The molecule has 1 aliphatic rings. The lowest BCUT2D eigenvalue weighted by Crippen LogP contribution is -2.24. The highest BCUT2D eigenvalue weighted by Gasteiger charge is 2.12. The molecule has 27 heavy (non-hydrogen) atoms. The summed E-state index contributed by atoms with van der Waals surface area (Å²) >= 11 is 0. The fourth-order valence-electron chi connectivity index (χ4n) is 4.06. The molecule has 3 aromatic rings. The minimum Gasteiger partial charge on any atom is -0.377 e. The van der Waals surface area contributed by atoms with Crippen LogP contribution in [-0.4, -0.2) is 22.6 Å². The van der Waals surface area contributed by atoms with Gasteiger partial charge in [-0.1, -0.05) is 60.7 Å². The van der Waals surface area contributed by atoms with Gasteiger partial charge in [0.15, 0.2) is 0 Å². The van der Waals surface area contributed by atoms with Crippen LogP contribution in [0.25, 0.3) is 10.9 Å². The first kappa shape index (κ1) is 17.7. The second-order valence-electron chi connectivity index (χ2n) is 7.38. The normalized spacial score (nSPS) is 14.9. The van der Waals surface area contributed by atoms with Gasteiger partial charge in [-0.2, -0.15) is 0 Å². The van der Waals surface area contributed by atoms with E-state index in [-0.39, 0.29) is 0 Å². The highest BCUT2D eigenvalue weighted by molar-refractivity contribution is 5.84. The van der Waals surface area contributed by atoms with E-state index in [1.54, 1.807) is 0 Å². The molecule has 2 heterocycles. The standard InChI is InChI=1S/C25H28N2/c1-2-9-21-12-8-16-26(18-21)17-15-23-20-27(19-22-10-4-3-5-11-22)25-14-7-6-13-24(23)25/h2-7,9-11,13-14,18,20H,8,12,15-17,19H2,1H3/b9-2+. The molecule has 1 aromatic heterocycles. The average molecular weight is 357 g/mol. The van der Waals surface area contributed by atoms with E-state index in [0.29, 0.717) is 0 Å². The third kappa shape index (κ3) is 4.16. The number of aromatic nitrogens is 1. The van der Waals surface area contributed by atoms with Crippen molar-refractivity contribution < 1.29 is 0 Å². The zero-order valence-electron chi connectivity index (χ0n) is 16.1. The van der Waals surface area contributed by atoms with Crippen molar-refractivity contribution in [1.29, 1.82) is 0 Å². The van der Waals surface area contributed by atoms with Gasteiger partial charge in [-0.3, -0.25) is 0 Å².